The number of carboxylic acid groups (broad SMARTS) is 2. The molecule has 1 aromatic rings. The SMILES string of the molecule is CCc1cc(C(=O)O)c(C(=O)O)nc1COC. The summed E-state index contributed by atoms with van der Waals surface area (Å²) < 4.78 is 4.90. The first kappa shape index (κ1) is 13.1. The van der Waals surface area contributed by atoms with Gasteiger partial charge in [-0.3, -0.25) is 0 Å². The molecule has 6 nitrogen and oxygen atoms in total. The fraction of sp³-hybridized carbons (Fsp3) is 0.364. The monoisotopic (exact) mass is 239 g/mol. The fourth-order valence-corrected chi connectivity index (χ4v) is 1.49. The molecule has 0 fully saturated rings. The van der Waals surface area contributed by atoms with Crippen LogP contribution in [0.5, 0.6) is 0 Å². The number of methoxy groups -OCH3 is 1. The maximum atomic E-state index is 10.9. The standard InChI is InChI=1S/C11H13NO5/c1-3-6-4-7(10(13)14)9(11(15)16)12-8(6)5-17-2/h4H,3,5H2,1-2H3,(H,13,14)(H,15,16). The lowest BCUT2D eigenvalue weighted by Crippen LogP contribution is -2.14. The summed E-state index contributed by atoms with van der Waals surface area (Å²) >= 11 is 0. The maximum absolute atomic E-state index is 10.9. The van der Waals surface area contributed by atoms with Gasteiger partial charge in [-0.15, -0.1) is 0 Å². The molecule has 0 spiro atoms. The number of aromatic nitrogens is 1. The number of hydrogen-bond donors (Lipinski definition) is 2. The van der Waals surface area contributed by atoms with Crippen LogP contribution in [0.3, 0.4) is 0 Å². The number of rotatable bonds is 5. The van der Waals surface area contributed by atoms with Crippen molar-refractivity contribution < 1.29 is 24.5 Å². The van der Waals surface area contributed by atoms with Crippen LogP contribution in [0, 0.1) is 0 Å². The summed E-state index contributed by atoms with van der Waals surface area (Å²) in [6, 6.07) is 1.34. The van der Waals surface area contributed by atoms with E-state index in [4.69, 9.17) is 14.9 Å². The van der Waals surface area contributed by atoms with Crippen molar-refractivity contribution in [1.82, 2.24) is 4.98 Å². The van der Waals surface area contributed by atoms with Crippen LogP contribution < -0.4 is 0 Å². The van der Waals surface area contributed by atoms with Gasteiger partial charge >= 0.3 is 11.9 Å². The van der Waals surface area contributed by atoms with Crippen LogP contribution in [-0.2, 0) is 17.8 Å². The Morgan fingerprint density at radius 2 is 2.00 bits per heavy atom. The third-order valence-corrected chi connectivity index (χ3v) is 2.29. The van der Waals surface area contributed by atoms with Crippen molar-refractivity contribution in [3.8, 4) is 0 Å². The molecule has 1 aromatic heterocycles. The molecular weight excluding hydrogens is 226 g/mol. The second kappa shape index (κ2) is 5.40. The quantitative estimate of drug-likeness (QED) is 0.801. The summed E-state index contributed by atoms with van der Waals surface area (Å²) in [5, 5.41) is 17.8. The third-order valence-electron chi connectivity index (χ3n) is 2.29. The number of nitrogens with zero attached hydrogens (tertiary/aromatic N) is 1. The predicted octanol–water partition coefficient (Wildman–Crippen LogP) is 1.19. The van der Waals surface area contributed by atoms with E-state index in [-0.39, 0.29) is 12.2 Å². The van der Waals surface area contributed by atoms with Crippen LogP contribution in [0.25, 0.3) is 0 Å². The Kier molecular flexibility index (Phi) is 4.17. The molecule has 2 N–H and O–H groups in total. The summed E-state index contributed by atoms with van der Waals surface area (Å²) in [7, 11) is 1.46. The van der Waals surface area contributed by atoms with Crippen LogP contribution in [0.2, 0.25) is 0 Å². The zero-order valence-electron chi connectivity index (χ0n) is 9.56. The molecule has 6 heteroatoms. The molecule has 0 aliphatic rings. The number of pyridine rings is 1. The molecule has 0 atom stereocenters. The van der Waals surface area contributed by atoms with Crippen molar-refractivity contribution in [2.75, 3.05) is 7.11 Å². The fourth-order valence-electron chi connectivity index (χ4n) is 1.49. The van der Waals surface area contributed by atoms with E-state index in [1.807, 2.05) is 6.92 Å². The number of carbonyl (C=O) groups is 2. The highest BCUT2D eigenvalue weighted by molar-refractivity contribution is 6.00. The highest BCUT2D eigenvalue weighted by Crippen LogP contribution is 2.15. The lowest BCUT2D eigenvalue weighted by molar-refractivity contribution is 0.0645. The summed E-state index contributed by atoms with van der Waals surface area (Å²) in [6.07, 6.45) is 0.561. The third kappa shape index (κ3) is 2.79. The minimum absolute atomic E-state index is 0.156. The first-order valence-electron chi connectivity index (χ1n) is 4.99. The van der Waals surface area contributed by atoms with Gasteiger partial charge in [0.1, 0.15) is 0 Å². The van der Waals surface area contributed by atoms with E-state index in [0.29, 0.717) is 17.7 Å². The lowest BCUT2D eigenvalue weighted by atomic mass is 10.1. The number of hydrogen-bond acceptors (Lipinski definition) is 4. The van der Waals surface area contributed by atoms with Gasteiger partial charge < -0.3 is 14.9 Å². The van der Waals surface area contributed by atoms with Gasteiger partial charge in [0.2, 0.25) is 0 Å². The van der Waals surface area contributed by atoms with Gasteiger partial charge in [-0.05, 0) is 18.1 Å². The minimum atomic E-state index is -1.36. The smallest absolute Gasteiger partial charge is 0.355 e. The van der Waals surface area contributed by atoms with E-state index < -0.39 is 17.6 Å². The molecular formula is C11H13NO5. The van der Waals surface area contributed by atoms with E-state index >= 15 is 0 Å². The van der Waals surface area contributed by atoms with Crippen molar-refractivity contribution in [2.45, 2.75) is 20.0 Å². The van der Waals surface area contributed by atoms with E-state index in [2.05, 4.69) is 4.98 Å². The number of aromatic carboxylic acids is 2. The molecule has 0 bridgehead atoms. The Morgan fingerprint density at radius 1 is 1.35 bits per heavy atom. The van der Waals surface area contributed by atoms with Crippen LogP contribution in [0.1, 0.15) is 39.0 Å². The molecule has 17 heavy (non-hydrogen) atoms. The summed E-state index contributed by atoms with van der Waals surface area (Å²) in [4.78, 5) is 25.7. The van der Waals surface area contributed by atoms with Crippen LogP contribution in [-0.4, -0.2) is 34.2 Å². The van der Waals surface area contributed by atoms with E-state index in [1.54, 1.807) is 0 Å². The van der Waals surface area contributed by atoms with Gasteiger partial charge in [0.05, 0.1) is 17.9 Å². The lowest BCUT2D eigenvalue weighted by Gasteiger charge is -2.09. The first-order valence-corrected chi connectivity index (χ1v) is 4.99. The largest absolute Gasteiger partial charge is 0.478 e. The van der Waals surface area contributed by atoms with E-state index in [1.165, 1.54) is 13.2 Å². The number of ether oxygens (including phenoxy) is 1. The van der Waals surface area contributed by atoms with Gasteiger partial charge in [-0.2, -0.15) is 0 Å². The van der Waals surface area contributed by atoms with Crippen molar-refractivity contribution in [3.05, 3.63) is 28.6 Å². The molecule has 0 aliphatic carbocycles. The molecule has 0 radical (unpaired) electrons. The highest BCUT2D eigenvalue weighted by Gasteiger charge is 2.20. The molecule has 0 amide bonds. The summed E-state index contributed by atoms with van der Waals surface area (Å²) in [6.45, 7) is 1.99. The van der Waals surface area contributed by atoms with E-state index in [0.717, 1.165) is 0 Å². The van der Waals surface area contributed by atoms with Crippen molar-refractivity contribution in [1.29, 1.82) is 0 Å². The summed E-state index contributed by atoms with van der Waals surface area (Å²) in [5.74, 6) is -2.66. The Balaban J connectivity index is 3.42. The molecule has 0 saturated heterocycles. The van der Waals surface area contributed by atoms with Crippen LogP contribution >= 0.6 is 0 Å². The van der Waals surface area contributed by atoms with Gasteiger partial charge in [-0.25, -0.2) is 14.6 Å². The molecule has 0 aromatic carbocycles. The van der Waals surface area contributed by atoms with Crippen molar-refractivity contribution in [3.63, 3.8) is 0 Å². The Morgan fingerprint density at radius 3 is 2.41 bits per heavy atom. The normalized spacial score (nSPS) is 10.2. The topological polar surface area (TPSA) is 96.7 Å². The highest BCUT2D eigenvalue weighted by atomic mass is 16.5. The maximum Gasteiger partial charge on any atom is 0.355 e. The van der Waals surface area contributed by atoms with Crippen molar-refractivity contribution >= 4 is 11.9 Å². The molecule has 0 saturated carbocycles. The Hall–Kier alpha value is -1.95. The molecule has 1 rings (SSSR count). The zero-order valence-corrected chi connectivity index (χ0v) is 9.56. The average molecular weight is 239 g/mol. The molecule has 0 unspecified atom stereocenters. The van der Waals surface area contributed by atoms with Gasteiger partial charge in [0, 0.05) is 7.11 Å². The molecule has 1 heterocycles. The first-order chi connectivity index (χ1) is 8.01. The van der Waals surface area contributed by atoms with Gasteiger partial charge in [-0.1, -0.05) is 6.92 Å². The molecule has 0 aliphatic heterocycles. The van der Waals surface area contributed by atoms with Crippen LogP contribution in [0.4, 0.5) is 0 Å². The van der Waals surface area contributed by atoms with E-state index in [9.17, 15) is 9.59 Å². The second-order valence-electron chi connectivity index (χ2n) is 3.39. The summed E-state index contributed by atoms with van der Waals surface area (Å²) in [5.41, 5.74) is 0.377. The number of carboxylic acids is 2. The number of aryl methyl sites for hydroxylation is 1. The minimum Gasteiger partial charge on any atom is -0.478 e. The Bertz CT molecular complexity index is 455. The second-order valence-corrected chi connectivity index (χ2v) is 3.39. The predicted molar refractivity (Wildman–Crippen MR) is 58.2 cm³/mol. The Labute approximate surface area is 97.9 Å². The van der Waals surface area contributed by atoms with Gasteiger partial charge in [0.25, 0.3) is 0 Å². The van der Waals surface area contributed by atoms with Crippen molar-refractivity contribution in [2.24, 2.45) is 0 Å². The average Bonchev–Trinajstić information content (AvgIpc) is 2.28. The zero-order chi connectivity index (χ0) is 13.0. The van der Waals surface area contributed by atoms with Gasteiger partial charge in [0.15, 0.2) is 5.69 Å². The van der Waals surface area contributed by atoms with Crippen LogP contribution in [0.15, 0.2) is 6.07 Å². The molecule has 92 valence electrons.